The highest BCUT2D eigenvalue weighted by Crippen LogP contribution is 2.43. The van der Waals surface area contributed by atoms with E-state index >= 15 is 0 Å². The predicted molar refractivity (Wildman–Crippen MR) is 265 cm³/mol. The lowest BCUT2D eigenvalue weighted by molar-refractivity contribution is 0.621. The summed E-state index contributed by atoms with van der Waals surface area (Å²) < 4.78 is 17.6. The Labute approximate surface area is 376 Å². The fraction of sp³-hybridized carbons (Fsp3) is 0. The molecule has 0 unspecified atom stereocenters. The van der Waals surface area contributed by atoms with Crippen molar-refractivity contribution < 1.29 is 8.83 Å². The Hall–Kier alpha value is -9.14. The van der Waals surface area contributed by atoms with Crippen LogP contribution in [-0.4, -0.2) is 29.1 Å². The summed E-state index contributed by atoms with van der Waals surface area (Å²) in [6.45, 7) is 0. The predicted octanol–water partition coefficient (Wildman–Crippen LogP) is 14.8. The number of hydrogen-bond donors (Lipinski definition) is 0. The minimum absolute atomic E-state index is 0.507. The second-order valence-electron chi connectivity index (χ2n) is 16.6. The van der Waals surface area contributed by atoms with Gasteiger partial charge in [-0.2, -0.15) is 9.97 Å². The third kappa shape index (κ3) is 5.45. The van der Waals surface area contributed by atoms with E-state index in [4.69, 9.17) is 28.8 Å². The molecule has 14 rings (SSSR count). The van der Waals surface area contributed by atoms with Gasteiger partial charge in [-0.3, -0.25) is 4.57 Å². The fourth-order valence-electron chi connectivity index (χ4n) is 9.87. The van der Waals surface area contributed by atoms with Crippen molar-refractivity contribution >= 4 is 76.6 Å². The van der Waals surface area contributed by atoms with Crippen LogP contribution in [0.4, 0.5) is 0 Å². The molecule has 0 bridgehead atoms. The molecule has 0 aliphatic rings. The molecule has 9 aromatic carbocycles. The maximum Gasteiger partial charge on any atom is 0.238 e. The van der Waals surface area contributed by atoms with Gasteiger partial charge >= 0.3 is 0 Å². The molecule has 308 valence electrons. The van der Waals surface area contributed by atoms with Crippen LogP contribution in [0.3, 0.4) is 0 Å². The minimum atomic E-state index is 0.507. The number of aromatic nitrogens is 6. The van der Waals surface area contributed by atoms with Crippen LogP contribution < -0.4 is 0 Å². The van der Waals surface area contributed by atoms with E-state index in [1.807, 2.05) is 103 Å². The zero-order valence-electron chi connectivity index (χ0n) is 35.1. The second-order valence-corrected chi connectivity index (χ2v) is 16.6. The summed E-state index contributed by atoms with van der Waals surface area (Å²) in [7, 11) is 0. The Morgan fingerprint density at radius 3 is 1.68 bits per heavy atom. The van der Waals surface area contributed by atoms with Crippen LogP contribution in [0.1, 0.15) is 0 Å². The summed E-state index contributed by atoms with van der Waals surface area (Å²) in [6, 6.07) is 71.0. The van der Waals surface area contributed by atoms with Gasteiger partial charge in [0.05, 0.1) is 27.6 Å². The van der Waals surface area contributed by atoms with Crippen LogP contribution in [0.15, 0.2) is 215 Å². The second kappa shape index (κ2) is 14.2. The van der Waals surface area contributed by atoms with Crippen LogP contribution in [0.25, 0.3) is 134 Å². The first-order chi connectivity index (χ1) is 32.7. The maximum absolute atomic E-state index is 6.57. The number of oxazole rings is 1. The largest absolute Gasteiger partial charge is 0.455 e. The van der Waals surface area contributed by atoms with E-state index in [1.54, 1.807) is 0 Å². The molecule has 0 saturated carbocycles. The number of nitrogens with zero attached hydrogens (tertiary/aromatic N) is 6. The van der Waals surface area contributed by atoms with Crippen molar-refractivity contribution in [3.8, 4) is 57.0 Å². The zero-order valence-corrected chi connectivity index (χ0v) is 35.1. The first kappa shape index (κ1) is 36.4. The summed E-state index contributed by atoms with van der Waals surface area (Å²) in [4.78, 5) is 20.8. The number of benzene rings is 9. The minimum Gasteiger partial charge on any atom is -0.455 e. The fourth-order valence-corrected chi connectivity index (χ4v) is 9.87. The normalized spacial score (nSPS) is 11.9. The van der Waals surface area contributed by atoms with Gasteiger partial charge in [0.2, 0.25) is 11.8 Å². The number of fused-ring (bicyclic) bond motifs is 11. The molecule has 8 heteroatoms. The number of hydrogen-bond acceptors (Lipinski definition) is 6. The summed E-state index contributed by atoms with van der Waals surface area (Å²) in [5, 5.41) is 6.51. The third-order valence-corrected chi connectivity index (χ3v) is 12.8. The monoisotopic (exact) mass is 846 g/mol. The quantitative estimate of drug-likeness (QED) is 0.166. The average Bonchev–Trinajstić information content (AvgIpc) is 4.16. The van der Waals surface area contributed by atoms with Crippen LogP contribution in [0.2, 0.25) is 0 Å². The summed E-state index contributed by atoms with van der Waals surface area (Å²) in [5.41, 5.74) is 12.9. The maximum atomic E-state index is 6.57. The lowest BCUT2D eigenvalue weighted by Crippen LogP contribution is -2.07. The Bertz CT molecular complexity index is 4220. The van der Waals surface area contributed by atoms with Gasteiger partial charge in [-0.05, 0) is 60.2 Å². The van der Waals surface area contributed by atoms with E-state index in [1.165, 1.54) is 0 Å². The smallest absolute Gasteiger partial charge is 0.238 e. The van der Waals surface area contributed by atoms with Gasteiger partial charge in [0, 0.05) is 54.7 Å². The number of para-hydroxylation sites is 5. The Morgan fingerprint density at radius 1 is 0.333 bits per heavy atom. The van der Waals surface area contributed by atoms with E-state index in [0.29, 0.717) is 23.5 Å². The molecule has 0 radical (unpaired) electrons. The van der Waals surface area contributed by atoms with Crippen molar-refractivity contribution in [2.75, 3.05) is 0 Å². The highest BCUT2D eigenvalue weighted by Gasteiger charge is 2.25. The van der Waals surface area contributed by atoms with Crippen LogP contribution in [-0.2, 0) is 0 Å². The Balaban J connectivity index is 1.02. The van der Waals surface area contributed by atoms with Gasteiger partial charge in [0.1, 0.15) is 16.7 Å². The van der Waals surface area contributed by atoms with Crippen LogP contribution in [0.5, 0.6) is 0 Å². The van der Waals surface area contributed by atoms with Crippen molar-refractivity contribution in [2.45, 2.75) is 0 Å². The van der Waals surface area contributed by atoms with Crippen molar-refractivity contribution in [3.05, 3.63) is 206 Å². The van der Waals surface area contributed by atoms with E-state index in [0.717, 1.165) is 110 Å². The molecular weight excluding hydrogens is 813 g/mol. The van der Waals surface area contributed by atoms with Gasteiger partial charge < -0.3 is 13.4 Å². The highest BCUT2D eigenvalue weighted by atomic mass is 16.3. The van der Waals surface area contributed by atoms with Gasteiger partial charge in [-0.1, -0.05) is 152 Å². The summed E-state index contributed by atoms with van der Waals surface area (Å²) in [5.74, 6) is 2.20. The number of rotatable bonds is 6. The molecule has 0 aliphatic heterocycles. The van der Waals surface area contributed by atoms with Crippen LogP contribution in [0, 0.1) is 0 Å². The molecule has 0 aliphatic carbocycles. The molecule has 8 nitrogen and oxygen atoms in total. The molecule has 0 fully saturated rings. The molecule has 0 amide bonds. The lowest BCUT2D eigenvalue weighted by atomic mass is 10.0. The summed E-state index contributed by atoms with van der Waals surface area (Å²) in [6.07, 6.45) is 0. The SMILES string of the molecule is c1ccc(-c2nc(-c3cccc4c3oc3ccccc34)nc(-n3c4ccccc4c4ccc5c6ccccc6n(-c6ccc(-c7cccc8nc(-c9ccccc9)oc78)cc6)c5c43)n2)cc1. The Morgan fingerprint density at radius 2 is 0.924 bits per heavy atom. The molecule has 0 saturated heterocycles. The molecule has 0 N–H and O–H groups in total. The van der Waals surface area contributed by atoms with E-state index < -0.39 is 0 Å². The van der Waals surface area contributed by atoms with Gasteiger partial charge in [0.25, 0.3) is 0 Å². The van der Waals surface area contributed by atoms with E-state index in [-0.39, 0.29) is 0 Å². The van der Waals surface area contributed by atoms with Gasteiger partial charge in [0.15, 0.2) is 17.2 Å². The van der Waals surface area contributed by atoms with Crippen molar-refractivity contribution in [1.29, 1.82) is 0 Å². The first-order valence-electron chi connectivity index (χ1n) is 22.0. The van der Waals surface area contributed by atoms with Crippen molar-refractivity contribution in [2.24, 2.45) is 0 Å². The van der Waals surface area contributed by atoms with Gasteiger partial charge in [-0.15, -0.1) is 0 Å². The highest BCUT2D eigenvalue weighted by molar-refractivity contribution is 6.23. The first-order valence-corrected chi connectivity index (χ1v) is 22.0. The van der Waals surface area contributed by atoms with E-state index in [9.17, 15) is 0 Å². The third-order valence-electron chi connectivity index (χ3n) is 12.8. The molecule has 14 aromatic rings. The average molecular weight is 847 g/mol. The number of furan rings is 1. The van der Waals surface area contributed by atoms with Crippen molar-refractivity contribution in [3.63, 3.8) is 0 Å². The van der Waals surface area contributed by atoms with E-state index in [2.05, 4.69) is 112 Å². The Kier molecular flexibility index (Phi) is 7.81. The molecule has 0 atom stereocenters. The summed E-state index contributed by atoms with van der Waals surface area (Å²) >= 11 is 0. The molecule has 66 heavy (non-hydrogen) atoms. The molecule has 5 aromatic heterocycles. The molecular formula is C58H34N6O2. The van der Waals surface area contributed by atoms with Crippen LogP contribution >= 0.6 is 0 Å². The standard InChI is InChI=1S/C58H34N6O2/c1-3-15-36(16-4-1)55-60-56(46-24-13-23-45-42-21-9-12-28-50(42)65-53(45)46)62-58(61-55)64-49-27-11-8-20-41(49)44-34-33-43-40-19-7-10-26-48(40)63(51(43)52(44)64)38-31-29-35(30-32-38)39-22-14-25-47-54(39)66-57(59-47)37-17-5-2-6-18-37/h1-34H. The van der Waals surface area contributed by atoms with Crippen molar-refractivity contribution in [1.82, 2.24) is 29.1 Å². The topological polar surface area (TPSA) is 87.7 Å². The van der Waals surface area contributed by atoms with Gasteiger partial charge in [-0.25, -0.2) is 9.97 Å². The lowest BCUT2D eigenvalue weighted by Gasteiger charge is -2.14. The molecule has 0 spiro atoms. The molecule has 5 heterocycles. The zero-order chi connectivity index (χ0) is 43.3.